The van der Waals surface area contributed by atoms with Crippen LogP contribution in [0.2, 0.25) is 0 Å². The van der Waals surface area contributed by atoms with Crippen LogP contribution in [0, 0.1) is 0 Å². The van der Waals surface area contributed by atoms with Gasteiger partial charge in [-0.05, 0) is 88.7 Å². The Morgan fingerprint density at radius 2 is 1.14 bits per heavy atom. The minimum absolute atomic E-state index is 0.552. The van der Waals surface area contributed by atoms with Gasteiger partial charge in [0.05, 0.1) is 5.69 Å². The molecule has 2 aromatic heterocycles. The lowest BCUT2D eigenvalue weighted by Crippen LogP contribution is -2.10. The highest BCUT2D eigenvalue weighted by atomic mass is 16.3. The van der Waals surface area contributed by atoms with E-state index >= 15 is 0 Å². The third-order valence-electron chi connectivity index (χ3n) is 10.7. The number of fused-ring (bicyclic) bond motifs is 7. The van der Waals surface area contributed by atoms with E-state index in [0.717, 1.165) is 55.6 Å². The fourth-order valence-electron chi connectivity index (χ4n) is 8.29. The molecule has 49 heavy (non-hydrogen) atoms. The molecule has 236 valence electrons. The van der Waals surface area contributed by atoms with Crippen molar-refractivity contribution in [3.63, 3.8) is 0 Å². The van der Waals surface area contributed by atoms with Gasteiger partial charge in [-0.2, -0.15) is 0 Å². The monoisotopic (exact) mass is 633 g/mol. The van der Waals surface area contributed by atoms with E-state index in [1.807, 2.05) is 12.1 Å². The van der Waals surface area contributed by atoms with E-state index in [0.29, 0.717) is 5.92 Å². The van der Waals surface area contributed by atoms with Crippen LogP contribution in [0.1, 0.15) is 43.6 Å². The highest BCUT2D eigenvalue weighted by molar-refractivity contribution is 6.12. The SMILES string of the molecule is c1ccc2c(-c3ccc(N(c4ccc5oc6ccccc6c5c4)c4cccc5c4oc4c(C6CCCCC6)cccc45)cc3)cccc2c1. The number of hydrogen-bond acceptors (Lipinski definition) is 3. The number of furan rings is 2. The third-order valence-corrected chi connectivity index (χ3v) is 10.7. The molecule has 10 rings (SSSR count). The number of benzene rings is 7. The lowest BCUT2D eigenvalue weighted by molar-refractivity contribution is 0.442. The van der Waals surface area contributed by atoms with Gasteiger partial charge >= 0.3 is 0 Å². The zero-order valence-electron chi connectivity index (χ0n) is 27.2. The number of nitrogens with zero attached hydrogens (tertiary/aromatic N) is 1. The first-order chi connectivity index (χ1) is 24.3. The molecule has 0 N–H and O–H groups in total. The maximum atomic E-state index is 7.02. The van der Waals surface area contributed by atoms with E-state index in [9.17, 15) is 0 Å². The maximum absolute atomic E-state index is 7.02. The van der Waals surface area contributed by atoms with Gasteiger partial charge in [0.15, 0.2) is 5.58 Å². The van der Waals surface area contributed by atoms with Crippen LogP contribution in [0.15, 0.2) is 154 Å². The molecule has 3 nitrogen and oxygen atoms in total. The van der Waals surface area contributed by atoms with Gasteiger partial charge in [0.2, 0.25) is 0 Å². The molecule has 9 aromatic rings. The van der Waals surface area contributed by atoms with Gasteiger partial charge < -0.3 is 13.7 Å². The van der Waals surface area contributed by atoms with Crippen LogP contribution in [0.4, 0.5) is 17.1 Å². The Morgan fingerprint density at radius 1 is 0.469 bits per heavy atom. The molecular formula is C46H35NO2. The maximum Gasteiger partial charge on any atom is 0.159 e. The van der Waals surface area contributed by atoms with Crippen LogP contribution in [-0.2, 0) is 0 Å². The molecule has 0 atom stereocenters. The average molecular weight is 634 g/mol. The number of para-hydroxylation sites is 3. The summed E-state index contributed by atoms with van der Waals surface area (Å²) in [5, 5.41) is 7.06. The molecule has 1 saturated carbocycles. The van der Waals surface area contributed by atoms with Crippen LogP contribution < -0.4 is 4.90 Å². The van der Waals surface area contributed by atoms with Crippen molar-refractivity contribution in [3.8, 4) is 11.1 Å². The minimum Gasteiger partial charge on any atom is -0.456 e. The van der Waals surface area contributed by atoms with E-state index in [-0.39, 0.29) is 0 Å². The van der Waals surface area contributed by atoms with Crippen LogP contribution in [0.3, 0.4) is 0 Å². The molecule has 1 aliphatic rings. The highest BCUT2D eigenvalue weighted by Gasteiger charge is 2.24. The smallest absolute Gasteiger partial charge is 0.159 e. The Labute approximate surface area is 285 Å². The zero-order chi connectivity index (χ0) is 32.3. The van der Waals surface area contributed by atoms with Crippen molar-refractivity contribution in [3.05, 3.63) is 151 Å². The third kappa shape index (κ3) is 4.64. The zero-order valence-corrected chi connectivity index (χ0v) is 27.2. The van der Waals surface area contributed by atoms with Gasteiger partial charge in [-0.1, -0.05) is 122 Å². The molecule has 0 amide bonds. The van der Waals surface area contributed by atoms with Crippen molar-refractivity contribution in [1.82, 2.24) is 0 Å². The molecule has 1 aliphatic carbocycles. The average Bonchev–Trinajstić information content (AvgIpc) is 3.74. The number of hydrogen-bond donors (Lipinski definition) is 0. The molecule has 2 heterocycles. The molecule has 1 fully saturated rings. The molecule has 3 heteroatoms. The fraction of sp³-hybridized carbons (Fsp3) is 0.130. The Bertz CT molecular complexity index is 2650. The van der Waals surface area contributed by atoms with Gasteiger partial charge in [-0.15, -0.1) is 0 Å². The van der Waals surface area contributed by atoms with E-state index in [2.05, 4.69) is 138 Å². The predicted molar refractivity (Wildman–Crippen MR) is 204 cm³/mol. The summed E-state index contributed by atoms with van der Waals surface area (Å²) in [4.78, 5) is 2.35. The Kier molecular flexibility index (Phi) is 6.58. The van der Waals surface area contributed by atoms with Crippen molar-refractivity contribution in [1.29, 1.82) is 0 Å². The largest absolute Gasteiger partial charge is 0.456 e. The topological polar surface area (TPSA) is 29.5 Å². The molecule has 0 bridgehead atoms. The number of anilines is 3. The molecule has 7 aromatic carbocycles. The van der Waals surface area contributed by atoms with E-state index in [1.54, 1.807) is 0 Å². The van der Waals surface area contributed by atoms with Gasteiger partial charge in [0, 0.05) is 32.9 Å². The van der Waals surface area contributed by atoms with E-state index < -0.39 is 0 Å². The second-order valence-corrected chi connectivity index (χ2v) is 13.5. The van der Waals surface area contributed by atoms with Crippen LogP contribution in [0.5, 0.6) is 0 Å². The second-order valence-electron chi connectivity index (χ2n) is 13.5. The summed E-state index contributed by atoms with van der Waals surface area (Å²) in [6.45, 7) is 0. The van der Waals surface area contributed by atoms with E-state index in [4.69, 9.17) is 8.83 Å². The fourth-order valence-corrected chi connectivity index (χ4v) is 8.29. The van der Waals surface area contributed by atoms with E-state index in [1.165, 1.54) is 65.0 Å². The lowest BCUT2D eigenvalue weighted by atomic mass is 9.83. The van der Waals surface area contributed by atoms with Crippen LogP contribution in [-0.4, -0.2) is 0 Å². The summed E-state index contributed by atoms with van der Waals surface area (Å²) in [5.41, 5.74) is 10.7. The van der Waals surface area contributed by atoms with Crippen molar-refractivity contribution in [2.45, 2.75) is 38.0 Å². The Morgan fingerprint density at radius 3 is 2.02 bits per heavy atom. The molecule has 0 radical (unpaired) electrons. The van der Waals surface area contributed by atoms with Crippen molar-refractivity contribution >= 4 is 71.7 Å². The molecule has 0 aliphatic heterocycles. The molecule has 0 unspecified atom stereocenters. The normalized spacial score (nSPS) is 14.0. The summed E-state index contributed by atoms with van der Waals surface area (Å²) in [6.07, 6.45) is 6.38. The summed E-state index contributed by atoms with van der Waals surface area (Å²) < 4.78 is 13.3. The molecule has 0 spiro atoms. The quantitative estimate of drug-likeness (QED) is 0.189. The van der Waals surface area contributed by atoms with Crippen molar-refractivity contribution in [2.75, 3.05) is 4.90 Å². The Balaban J connectivity index is 1.18. The summed E-state index contributed by atoms with van der Waals surface area (Å²) in [5.74, 6) is 0.552. The summed E-state index contributed by atoms with van der Waals surface area (Å²) >= 11 is 0. The van der Waals surface area contributed by atoms with Crippen molar-refractivity contribution < 1.29 is 8.83 Å². The molecular weight excluding hydrogens is 599 g/mol. The van der Waals surface area contributed by atoms with Crippen molar-refractivity contribution in [2.24, 2.45) is 0 Å². The first-order valence-electron chi connectivity index (χ1n) is 17.5. The van der Waals surface area contributed by atoms with Crippen LogP contribution in [0.25, 0.3) is 65.8 Å². The lowest BCUT2D eigenvalue weighted by Gasteiger charge is -2.26. The second kappa shape index (κ2) is 11.4. The van der Waals surface area contributed by atoms with Gasteiger partial charge in [0.25, 0.3) is 0 Å². The van der Waals surface area contributed by atoms with Crippen LogP contribution >= 0.6 is 0 Å². The highest BCUT2D eigenvalue weighted by Crippen LogP contribution is 2.46. The predicted octanol–water partition coefficient (Wildman–Crippen LogP) is 13.8. The van der Waals surface area contributed by atoms with Gasteiger partial charge in [0.1, 0.15) is 16.7 Å². The first kappa shape index (κ1) is 28.2. The molecule has 0 saturated heterocycles. The minimum atomic E-state index is 0.552. The Hall–Kier alpha value is -5.80. The first-order valence-corrected chi connectivity index (χ1v) is 17.5. The summed E-state index contributed by atoms with van der Waals surface area (Å²) in [7, 11) is 0. The standard InChI is InChI=1S/C46H35NO2/c1-2-11-31(12-3-1)37-18-9-19-39-40-20-10-21-42(46(40)49-45(37)39)47(34-27-28-44-41(29-34)38-16-6-7-22-43(38)48-44)33-25-23-32(24-26-33)36-17-8-14-30-13-4-5-15-35(30)36/h4-10,13-29,31H,1-3,11-12H2. The number of rotatable bonds is 5. The van der Waals surface area contributed by atoms with Gasteiger partial charge in [-0.3, -0.25) is 0 Å². The van der Waals surface area contributed by atoms with Gasteiger partial charge in [-0.25, -0.2) is 0 Å². The summed E-state index contributed by atoms with van der Waals surface area (Å²) in [6, 6.07) is 52.2.